The Morgan fingerprint density at radius 1 is 1.20 bits per heavy atom. The SMILES string of the molecule is CC1(C)C(C(=O)Nc2ccc(C(N)=NO)cc2)C1(C)C. The third-order valence-electron chi connectivity index (χ3n) is 4.84. The van der Waals surface area contributed by atoms with Gasteiger partial charge in [-0.05, 0) is 35.1 Å². The molecule has 1 aromatic rings. The van der Waals surface area contributed by atoms with Gasteiger partial charge in [0.05, 0.1) is 0 Å². The summed E-state index contributed by atoms with van der Waals surface area (Å²) in [5, 5.41) is 14.4. The molecule has 1 saturated carbocycles. The Kier molecular flexibility index (Phi) is 3.24. The molecule has 1 aromatic carbocycles. The topological polar surface area (TPSA) is 87.7 Å². The Morgan fingerprint density at radius 3 is 2.10 bits per heavy atom. The van der Waals surface area contributed by atoms with Crippen LogP contribution >= 0.6 is 0 Å². The third-order valence-corrected chi connectivity index (χ3v) is 4.84. The van der Waals surface area contributed by atoms with Crippen molar-refractivity contribution in [3.63, 3.8) is 0 Å². The second-order valence-electron chi connectivity index (χ2n) is 6.43. The van der Waals surface area contributed by atoms with Gasteiger partial charge in [0.2, 0.25) is 5.91 Å². The minimum atomic E-state index is 0.0127. The van der Waals surface area contributed by atoms with Crippen LogP contribution < -0.4 is 11.1 Å². The maximum atomic E-state index is 12.3. The Balaban J connectivity index is 2.07. The number of amides is 1. The van der Waals surface area contributed by atoms with Crippen molar-refractivity contribution in [3.05, 3.63) is 29.8 Å². The van der Waals surface area contributed by atoms with Crippen LogP contribution in [0.15, 0.2) is 29.4 Å². The van der Waals surface area contributed by atoms with E-state index in [-0.39, 0.29) is 28.5 Å². The van der Waals surface area contributed by atoms with Crippen LogP contribution in [0.5, 0.6) is 0 Å². The fraction of sp³-hybridized carbons (Fsp3) is 0.467. The summed E-state index contributed by atoms with van der Waals surface area (Å²) in [5.74, 6) is 0.0997. The van der Waals surface area contributed by atoms with Crippen LogP contribution in [-0.4, -0.2) is 17.0 Å². The Bertz CT molecular complexity index is 545. The Hall–Kier alpha value is -2.04. The van der Waals surface area contributed by atoms with Gasteiger partial charge in [0, 0.05) is 17.2 Å². The fourth-order valence-electron chi connectivity index (χ4n) is 2.85. The quantitative estimate of drug-likeness (QED) is 0.342. The van der Waals surface area contributed by atoms with Gasteiger partial charge in [-0.2, -0.15) is 0 Å². The van der Waals surface area contributed by atoms with Crippen LogP contribution in [0.1, 0.15) is 33.3 Å². The first-order valence-corrected chi connectivity index (χ1v) is 6.60. The van der Waals surface area contributed by atoms with Crippen molar-refractivity contribution in [1.82, 2.24) is 0 Å². The molecule has 0 heterocycles. The number of carbonyl (C=O) groups is 1. The summed E-state index contributed by atoms with van der Waals surface area (Å²) in [7, 11) is 0. The molecule has 0 bridgehead atoms. The summed E-state index contributed by atoms with van der Waals surface area (Å²) in [4.78, 5) is 12.3. The standard InChI is InChI=1S/C15H21N3O2/c1-14(2)11(15(14,3)4)13(19)17-10-7-5-9(6-8-10)12(16)18-20/h5-8,11,20H,1-4H3,(H2,16,18)(H,17,19). The molecule has 4 N–H and O–H groups in total. The van der Waals surface area contributed by atoms with Gasteiger partial charge in [-0.3, -0.25) is 4.79 Å². The van der Waals surface area contributed by atoms with Gasteiger partial charge in [-0.25, -0.2) is 0 Å². The monoisotopic (exact) mass is 275 g/mol. The molecular weight excluding hydrogens is 254 g/mol. The van der Waals surface area contributed by atoms with Gasteiger partial charge in [-0.15, -0.1) is 0 Å². The molecule has 108 valence electrons. The smallest absolute Gasteiger partial charge is 0.228 e. The lowest BCUT2D eigenvalue weighted by molar-refractivity contribution is -0.118. The number of hydrogen-bond acceptors (Lipinski definition) is 3. The Labute approximate surface area is 118 Å². The highest BCUT2D eigenvalue weighted by Gasteiger charge is 2.68. The summed E-state index contributed by atoms with van der Waals surface area (Å²) < 4.78 is 0. The lowest BCUT2D eigenvalue weighted by Crippen LogP contribution is -2.18. The molecule has 1 aliphatic carbocycles. The normalized spacial score (nSPS) is 20.5. The van der Waals surface area contributed by atoms with E-state index >= 15 is 0 Å². The molecule has 1 amide bonds. The zero-order valence-corrected chi connectivity index (χ0v) is 12.3. The van der Waals surface area contributed by atoms with E-state index in [0.29, 0.717) is 11.3 Å². The molecule has 2 rings (SSSR count). The summed E-state index contributed by atoms with van der Waals surface area (Å²) in [6, 6.07) is 6.89. The van der Waals surface area contributed by atoms with Crippen molar-refractivity contribution >= 4 is 17.4 Å². The zero-order valence-electron chi connectivity index (χ0n) is 12.3. The molecule has 1 fully saturated rings. The average Bonchev–Trinajstić information content (AvgIpc) is 2.79. The van der Waals surface area contributed by atoms with Gasteiger partial charge >= 0.3 is 0 Å². The molecule has 5 nitrogen and oxygen atoms in total. The number of benzene rings is 1. The number of anilines is 1. The maximum Gasteiger partial charge on any atom is 0.228 e. The molecule has 20 heavy (non-hydrogen) atoms. The number of carbonyl (C=O) groups excluding carboxylic acids is 1. The van der Waals surface area contributed by atoms with Crippen LogP contribution in [0.4, 0.5) is 5.69 Å². The second-order valence-corrected chi connectivity index (χ2v) is 6.43. The van der Waals surface area contributed by atoms with E-state index < -0.39 is 0 Å². The highest BCUT2D eigenvalue weighted by atomic mass is 16.4. The van der Waals surface area contributed by atoms with Crippen LogP contribution in [0.3, 0.4) is 0 Å². The van der Waals surface area contributed by atoms with Crippen LogP contribution in [0.25, 0.3) is 0 Å². The number of amidine groups is 1. The minimum Gasteiger partial charge on any atom is -0.409 e. The van der Waals surface area contributed by atoms with Crippen LogP contribution in [0, 0.1) is 16.7 Å². The van der Waals surface area contributed by atoms with Gasteiger partial charge in [0.25, 0.3) is 0 Å². The first kappa shape index (κ1) is 14.4. The van der Waals surface area contributed by atoms with E-state index in [9.17, 15) is 4.79 Å². The predicted octanol–water partition coefficient (Wildman–Crippen LogP) is 2.40. The van der Waals surface area contributed by atoms with Crippen molar-refractivity contribution in [2.24, 2.45) is 27.6 Å². The molecular formula is C15H21N3O2. The Morgan fingerprint density at radius 2 is 1.70 bits per heavy atom. The minimum absolute atomic E-state index is 0.0127. The van der Waals surface area contributed by atoms with Gasteiger partial charge < -0.3 is 16.3 Å². The number of nitrogens with two attached hydrogens (primary N) is 1. The zero-order chi connectivity index (χ0) is 15.1. The van der Waals surface area contributed by atoms with Crippen molar-refractivity contribution in [2.75, 3.05) is 5.32 Å². The first-order chi connectivity index (χ1) is 9.21. The molecule has 0 spiro atoms. The highest BCUT2D eigenvalue weighted by Crippen LogP contribution is 2.68. The van der Waals surface area contributed by atoms with E-state index in [2.05, 4.69) is 38.2 Å². The van der Waals surface area contributed by atoms with Crippen molar-refractivity contribution in [3.8, 4) is 0 Å². The number of hydrogen-bond donors (Lipinski definition) is 3. The largest absolute Gasteiger partial charge is 0.409 e. The summed E-state index contributed by atoms with van der Waals surface area (Å²) >= 11 is 0. The molecule has 0 atom stereocenters. The molecule has 0 aliphatic heterocycles. The van der Waals surface area contributed by atoms with Gasteiger partial charge in [0.1, 0.15) is 0 Å². The van der Waals surface area contributed by atoms with Crippen LogP contribution in [0.2, 0.25) is 0 Å². The molecule has 0 unspecified atom stereocenters. The predicted molar refractivity (Wildman–Crippen MR) is 78.6 cm³/mol. The van der Waals surface area contributed by atoms with Crippen molar-refractivity contribution in [1.29, 1.82) is 0 Å². The maximum absolute atomic E-state index is 12.3. The van der Waals surface area contributed by atoms with E-state index in [4.69, 9.17) is 10.9 Å². The molecule has 5 heteroatoms. The van der Waals surface area contributed by atoms with E-state index in [1.807, 2.05) is 0 Å². The number of nitrogens with one attached hydrogen (secondary N) is 1. The van der Waals surface area contributed by atoms with E-state index in [1.54, 1.807) is 24.3 Å². The van der Waals surface area contributed by atoms with Crippen molar-refractivity contribution < 1.29 is 10.0 Å². The first-order valence-electron chi connectivity index (χ1n) is 6.60. The fourth-order valence-corrected chi connectivity index (χ4v) is 2.85. The lowest BCUT2D eigenvalue weighted by atomic mass is 10.0. The van der Waals surface area contributed by atoms with Crippen molar-refractivity contribution in [2.45, 2.75) is 27.7 Å². The van der Waals surface area contributed by atoms with Crippen LogP contribution in [-0.2, 0) is 4.79 Å². The lowest BCUT2D eigenvalue weighted by Gasteiger charge is -2.07. The molecule has 0 radical (unpaired) electrons. The molecule has 1 aliphatic rings. The summed E-state index contributed by atoms with van der Waals surface area (Å²) in [6.07, 6.45) is 0. The number of rotatable bonds is 3. The van der Waals surface area contributed by atoms with Gasteiger partial charge in [0.15, 0.2) is 5.84 Å². The number of oxime groups is 1. The van der Waals surface area contributed by atoms with E-state index in [1.165, 1.54) is 0 Å². The molecule has 0 saturated heterocycles. The summed E-state index contributed by atoms with van der Waals surface area (Å²) in [6.45, 7) is 8.44. The highest BCUT2D eigenvalue weighted by molar-refractivity contribution is 5.99. The number of nitrogens with zero attached hydrogens (tertiary/aromatic N) is 1. The molecule has 0 aromatic heterocycles. The third kappa shape index (κ3) is 2.13. The second kappa shape index (κ2) is 4.51. The summed E-state index contributed by atoms with van der Waals surface area (Å²) in [5.41, 5.74) is 6.85. The van der Waals surface area contributed by atoms with Gasteiger partial charge in [-0.1, -0.05) is 32.9 Å². The average molecular weight is 275 g/mol. The van der Waals surface area contributed by atoms with E-state index in [0.717, 1.165) is 0 Å².